The van der Waals surface area contributed by atoms with E-state index in [0.29, 0.717) is 18.7 Å². The first kappa shape index (κ1) is 17.9. The molecule has 24 heavy (non-hydrogen) atoms. The number of nitro groups is 1. The van der Waals surface area contributed by atoms with E-state index in [2.05, 4.69) is 17.6 Å². The lowest BCUT2D eigenvalue weighted by Crippen LogP contribution is -2.52. The Bertz CT molecular complexity index is 647. The van der Waals surface area contributed by atoms with Gasteiger partial charge in [0.15, 0.2) is 0 Å². The minimum atomic E-state index is -0.536. The molecule has 8 nitrogen and oxygen atoms in total. The molecule has 0 aliphatic carbocycles. The second-order valence-corrected chi connectivity index (χ2v) is 5.92. The number of nitrogens with zero attached hydrogens (tertiary/aromatic N) is 2. The van der Waals surface area contributed by atoms with Crippen LogP contribution in [0, 0.1) is 17.0 Å². The van der Waals surface area contributed by atoms with Gasteiger partial charge in [-0.15, -0.1) is 0 Å². The maximum Gasteiger partial charge on any atom is 0.293 e. The highest BCUT2D eigenvalue weighted by atomic mass is 16.6. The van der Waals surface area contributed by atoms with Gasteiger partial charge in [-0.2, -0.15) is 0 Å². The van der Waals surface area contributed by atoms with Crippen LogP contribution in [-0.2, 0) is 9.59 Å². The van der Waals surface area contributed by atoms with Gasteiger partial charge < -0.3 is 10.2 Å². The van der Waals surface area contributed by atoms with Crippen LogP contribution in [0.5, 0.6) is 0 Å². The Morgan fingerprint density at radius 1 is 1.50 bits per heavy atom. The maximum atomic E-state index is 12.2. The monoisotopic (exact) mass is 334 g/mol. The third-order valence-corrected chi connectivity index (χ3v) is 4.03. The van der Waals surface area contributed by atoms with Crippen molar-refractivity contribution in [2.24, 2.45) is 0 Å². The summed E-state index contributed by atoms with van der Waals surface area (Å²) in [4.78, 5) is 36.3. The van der Waals surface area contributed by atoms with Crippen LogP contribution in [0.2, 0.25) is 0 Å². The summed E-state index contributed by atoms with van der Waals surface area (Å²) in [6.45, 7) is 3.93. The molecule has 2 amide bonds. The minimum Gasteiger partial charge on any atom is -0.321 e. The topological polar surface area (TPSA) is 105 Å². The van der Waals surface area contributed by atoms with Crippen molar-refractivity contribution in [1.29, 1.82) is 0 Å². The zero-order valence-electron chi connectivity index (χ0n) is 13.9. The van der Waals surface area contributed by atoms with Gasteiger partial charge in [-0.3, -0.25) is 25.0 Å². The number of carbonyl (C=O) groups is 2. The van der Waals surface area contributed by atoms with Crippen molar-refractivity contribution in [2.45, 2.75) is 39.2 Å². The second kappa shape index (κ2) is 7.87. The molecule has 1 saturated heterocycles. The quantitative estimate of drug-likeness (QED) is 0.609. The van der Waals surface area contributed by atoms with Crippen LogP contribution in [0.15, 0.2) is 18.2 Å². The van der Waals surface area contributed by atoms with Gasteiger partial charge in [0, 0.05) is 18.5 Å². The Morgan fingerprint density at radius 2 is 2.25 bits per heavy atom. The van der Waals surface area contributed by atoms with Crippen LogP contribution in [0.25, 0.3) is 0 Å². The van der Waals surface area contributed by atoms with E-state index in [1.165, 1.54) is 11.0 Å². The number of para-hydroxylation sites is 1. The summed E-state index contributed by atoms with van der Waals surface area (Å²) in [6.07, 6.45) is 2.27. The fraction of sp³-hybridized carbons (Fsp3) is 0.500. The summed E-state index contributed by atoms with van der Waals surface area (Å²) in [6, 6.07) is 4.74. The third kappa shape index (κ3) is 4.29. The van der Waals surface area contributed by atoms with Crippen molar-refractivity contribution >= 4 is 23.2 Å². The number of amides is 2. The zero-order chi connectivity index (χ0) is 17.7. The lowest BCUT2D eigenvalue weighted by Gasteiger charge is -2.32. The number of benzene rings is 1. The van der Waals surface area contributed by atoms with Gasteiger partial charge in [-0.25, -0.2) is 0 Å². The van der Waals surface area contributed by atoms with E-state index in [1.807, 2.05) is 0 Å². The van der Waals surface area contributed by atoms with Crippen molar-refractivity contribution in [3.05, 3.63) is 33.9 Å². The molecule has 1 aromatic rings. The molecule has 2 N–H and O–H groups in total. The maximum absolute atomic E-state index is 12.2. The molecule has 1 aromatic carbocycles. The molecule has 0 saturated carbocycles. The van der Waals surface area contributed by atoms with E-state index in [4.69, 9.17) is 0 Å². The first-order valence-corrected chi connectivity index (χ1v) is 7.97. The standard InChI is InChI=1S/C16H22N4O4/c1-3-5-12-8-15(22)19(10-17-12)9-14(21)18-16-11(2)6-4-7-13(16)20(23)24/h4,6-7,12,17H,3,5,8-10H2,1-2H3,(H,18,21). The van der Waals surface area contributed by atoms with Crippen molar-refractivity contribution in [3.8, 4) is 0 Å². The smallest absolute Gasteiger partial charge is 0.293 e. The number of nitrogens with one attached hydrogen (secondary N) is 2. The molecule has 1 fully saturated rings. The number of anilines is 1. The Morgan fingerprint density at radius 3 is 2.88 bits per heavy atom. The molecule has 0 radical (unpaired) electrons. The van der Waals surface area contributed by atoms with E-state index in [0.717, 1.165) is 12.8 Å². The molecule has 1 heterocycles. The highest BCUT2D eigenvalue weighted by Crippen LogP contribution is 2.27. The van der Waals surface area contributed by atoms with Gasteiger partial charge in [0.25, 0.3) is 5.69 Å². The summed E-state index contributed by atoms with van der Waals surface area (Å²) >= 11 is 0. The van der Waals surface area contributed by atoms with Crippen LogP contribution in [0.3, 0.4) is 0 Å². The molecule has 130 valence electrons. The molecule has 1 unspecified atom stereocenters. The van der Waals surface area contributed by atoms with E-state index in [1.54, 1.807) is 19.1 Å². The van der Waals surface area contributed by atoms with Gasteiger partial charge in [-0.1, -0.05) is 25.5 Å². The minimum absolute atomic E-state index is 0.0818. The van der Waals surface area contributed by atoms with Crippen LogP contribution in [-0.4, -0.2) is 40.9 Å². The van der Waals surface area contributed by atoms with Gasteiger partial charge in [0.05, 0.1) is 11.6 Å². The molecule has 2 rings (SSSR count). The van der Waals surface area contributed by atoms with Gasteiger partial charge in [0.1, 0.15) is 12.2 Å². The largest absolute Gasteiger partial charge is 0.321 e. The van der Waals surface area contributed by atoms with Crippen molar-refractivity contribution in [1.82, 2.24) is 10.2 Å². The van der Waals surface area contributed by atoms with Crippen LogP contribution in [0.1, 0.15) is 31.7 Å². The van der Waals surface area contributed by atoms with E-state index in [9.17, 15) is 19.7 Å². The zero-order valence-corrected chi connectivity index (χ0v) is 13.9. The lowest BCUT2D eigenvalue weighted by atomic mass is 10.1. The van der Waals surface area contributed by atoms with E-state index >= 15 is 0 Å². The summed E-state index contributed by atoms with van der Waals surface area (Å²) < 4.78 is 0. The number of rotatable bonds is 6. The van der Waals surface area contributed by atoms with Crippen molar-refractivity contribution < 1.29 is 14.5 Å². The fourth-order valence-electron chi connectivity index (χ4n) is 2.76. The summed E-state index contributed by atoms with van der Waals surface area (Å²) in [7, 11) is 0. The van der Waals surface area contributed by atoms with Crippen LogP contribution in [0.4, 0.5) is 11.4 Å². The average Bonchev–Trinajstić information content (AvgIpc) is 2.52. The van der Waals surface area contributed by atoms with E-state index in [-0.39, 0.29) is 29.9 Å². The van der Waals surface area contributed by atoms with E-state index < -0.39 is 10.8 Å². The molecule has 0 bridgehead atoms. The Balaban J connectivity index is 2.00. The number of hydrogen-bond acceptors (Lipinski definition) is 5. The van der Waals surface area contributed by atoms with Gasteiger partial charge >= 0.3 is 0 Å². The molecule has 0 spiro atoms. The molecular formula is C16H22N4O4. The number of nitro benzene ring substituents is 1. The molecule has 1 aliphatic rings. The summed E-state index contributed by atoms with van der Waals surface area (Å²) in [5.41, 5.74) is 0.617. The molecular weight excluding hydrogens is 312 g/mol. The highest BCUT2D eigenvalue weighted by Gasteiger charge is 2.27. The first-order chi connectivity index (χ1) is 11.4. The highest BCUT2D eigenvalue weighted by molar-refractivity contribution is 5.97. The summed E-state index contributed by atoms with van der Waals surface area (Å²) in [5, 5.41) is 16.9. The van der Waals surface area contributed by atoms with Gasteiger partial charge in [0.2, 0.25) is 11.8 Å². The van der Waals surface area contributed by atoms with Gasteiger partial charge in [-0.05, 0) is 18.9 Å². The molecule has 1 aliphatic heterocycles. The predicted molar refractivity (Wildman–Crippen MR) is 89.5 cm³/mol. The fourth-order valence-corrected chi connectivity index (χ4v) is 2.76. The summed E-state index contributed by atoms with van der Waals surface area (Å²) in [5.74, 6) is -0.530. The SMILES string of the molecule is CCCC1CC(=O)N(CC(=O)Nc2c(C)cccc2[N+](=O)[O-])CN1. The number of carbonyl (C=O) groups excluding carboxylic acids is 2. The van der Waals surface area contributed by atoms with Crippen molar-refractivity contribution in [3.63, 3.8) is 0 Å². The van der Waals surface area contributed by atoms with Crippen LogP contribution < -0.4 is 10.6 Å². The number of aryl methyl sites for hydroxylation is 1. The Labute approximate surface area is 140 Å². The lowest BCUT2D eigenvalue weighted by molar-refractivity contribution is -0.384. The molecule has 8 heteroatoms. The first-order valence-electron chi connectivity index (χ1n) is 7.97. The van der Waals surface area contributed by atoms with Crippen molar-refractivity contribution in [2.75, 3.05) is 18.5 Å². The Kier molecular flexibility index (Phi) is 5.86. The molecule has 1 atom stereocenters. The Hall–Kier alpha value is -2.48. The number of hydrogen-bond donors (Lipinski definition) is 2. The molecule has 0 aromatic heterocycles. The second-order valence-electron chi connectivity index (χ2n) is 5.92. The van der Waals surface area contributed by atoms with Crippen LogP contribution >= 0.6 is 0 Å². The normalized spacial score (nSPS) is 17.7. The average molecular weight is 334 g/mol. The predicted octanol–water partition coefficient (Wildman–Crippen LogP) is 1.79. The third-order valence-electron chi connectivity index (χ3n) is 4.03.